The van der Waals surface area contributed by atoms with Crippen LogP contribution in [0.2, 0.25) is 0 Å². The van der Waals surface area contributed by atoms with E-state index in [-0.39, 0.29) is 0 Å². The van der Waals surface area contributed by atoms with Crippen molar-refractivity contribution in [1.29, 1.82) is 0 Å². The molecule has 0 aliphatic rings. The van der Waals surface area contributed by atoms with Gasteiger partial charge in [-0.15, -0.1) is 0 Å². The Morgan fingerprint density at radius 1 is 1.17 bits per heavy atom. The third kappa shape index (κ3) is 3.54. The van der Waals surface area contributed by atoms with E-state index in [4.69, 9.17) is 0 Å². The molecule has 0 fully saturated rings. The summed E-state index contributed by atoms with van der Waals surface area (Å²) >= 11 is 0. The largest absolute Gasteiger partial charge is 0.310 e. The van der Waals surface area contributed by atoms with Crippen LogP contribution in [-0.2, 0) is 6.54 Å². The summed E-state index contributed by atoms with van der Waals surface area (Å²) in [6.07, 6.45) is 3.06. The molecule has 0 radical (unpaired) electrons. The van der Waals surface area contributed by atoms with E-state index in [0.717, 1.165) is 18.0 Å². The quantitative estimate of drug-likeness (QED) is 0.863. The van der Waals surface area contributed by atoms with Crippen molar-refractivity contribution in [2.45, 2.75) is 39.8 Å². The lowest BCUT2D eigenvalue weighted by atomic mass is 10.0. The molecule has 0 unspecified atom stereocenters. The molecule has 1 aromatic heterocycles. The van der Waals surface area contributed by atoms with Crippen molar-refractivity contribution in [2.75, 3.05) is 0 Å². The van der Waals surface area contributed by atoms with Crippen LogP contribution in [0.3, 0.4) is 0 Å². The lowest BCUT2D eigenvalue weighted by molar-refractivity contribution is 0.441. The van der Waals surface area contributed by atoms with Crippen molar-refractivity contribution < 1.29 is 0 Å². The van der Waals surface area contributed by atoms with Crippen LogP contribution in [0.4, 0.5) is 0 Å². The molecule has 96 valence electrons. The summed E-state index contributed by atoms with van der Waals surface area (Å²) in [6.45, 7) is 7.71. The van der Waals surface area contributed by atoms with Crippen LogP contribution in [0, 0.1) is 5.92 Å². The molecule has 2 rings (SSSR count). The average Bonchev–Trinajstić information content (AvgIpc) is 2.35. The van der Waals surface area contributed by atoms with E-state index in [1.165, 1.54) is 17.4 Å². The molecule has 0 saturated heterocycles. The van der Waals surface area contributed by atoms with Crippen LogP contribution < -0.4 is 5.32 Å². The molecule has 0 amide bonds. The van der Waals surface area contributed by atoms with Crippen LogP contribution in [0.25, 0.3) is 10.9 Å². The standard InChI is InChI=1S/C16H22N2/c1-12(2)9-13(3)18-11-14-6-7-16-15(10-14)5-4-8-17-16/h4-8,10,12-13,18H,9,11H2,1-3H3/t13-/m0/s1. The van der Waals surface area contributed by atoms with Crippen LogP contribution in [0.1, 0.15) is 32.8 Å². The van der Waals surface area contributed by atoms with Gasteiger partial charge in [0.15, 0.2) is 0 Å². The number of fused-ring (bicyclic) bond motifs is 1. The Morgan fingerprint density at radius 3 is 2.78 bits per heavy atom. The molecule has 0 saturated carbocycles. The van der Waals surface area contributed by atoms with E-state index in [2.05, 4.69) is 55.3 Å². The molecular formula is C16H22N2. The molecule has 1 aromatic carbocycles. The van der Waals surface area contributed by atoms with Gasteiger partial charge in [0.25, 0.3) is 0 Å². The van der Waals surface area contributed by atoms with Gasteiger partial charge < -0.3 is 5.32 Å². The number of hydrogen-bond acceptors (Lipinski definition) is 2. The monoisotopic (exact) mass is 242 g/mol. The number of nitrogens with zero attached hydrogens (tertiary/aromatic N) is 1. The van der Waals surface area contributed by atoms with Crippen molar-refractivity contribution in [2.24, 2.45) is 5.92 Å². The van der Waals surface area contributed by atoms with Gasteiger partial charge in [-0.2, -0.15) is 0 Å². The van der Waals surface area contributed by atoms with Crippen LogP contribution in [0.5, 0.6) is 0 Å². The predicted octanol–water partition coefficient (Wildman–Crippen LogP) is 3.76. The molecule has 2 heteroatoms. The van der Waals surface area contributed by atoms with Gasteiger partial charge in [-0.05, 0) is 43.0 Å². The average molecular weight is 242 g/mol. The summed E-state index contributed by atoms with van der Waals surface area (Å²) in [5, 5.41) is 4.79. The van der Waals surface area contributed by atoms with Gasteiger partial charge in [-0.3, -0.25) is 4.98 Å². The van der Waals surface area contributed by atoms with Crippen LogP contribution in [-0.4, -0.2) is 11.0 Å². The molecule has 18 heavy (non-hydrogen) atoms. The molecule has 0 bridgehead atoms. The fourth-order valence-electron chi connectivity index (χ4n) is 2.32. The van der Waals surface area contributed by atoms with Crippen molar-refractivity contribution in [3.63, 3.8) is 0 Å². The molecule has 2 nitrogen and oxygen atoms in total. The number of hydrogen-bond donors (Lipinski definition) is 1. The first kappa shape index (κ1) is 13.0. The highest BCUT2D eigenvalue weighted by Crippen LogP contribution is 2.13. The minimum Gasteiger partial charge on any atom is -0.310 e. The highest BCUT2D eigenvalue weighted by Gasteiger charge is 2.04. The van der Waals surface area contributed by atoms with Gasteiger partial charge in [0, 0.05) is 24.2 Å². The summed E-state index contributed by atoms with van der Waals surface area (Å²) in [4.78, 5) is 4.34. The van der Waals surface area contributed by atoms with Gasteiger partial charge >= 0.3 is 0 Å². The summed E-state index contributed by atoms with van der Waals surface area (Å²) in [7, 11) is 0. The smallest absolute Gasteiger partial charge is 0.0702 e. The number of nitrogens with one attached hydrogen (secondary N) is 1. The Morgan fingerprint density at radius 2 is 2.00 bits per heavy atom. The Balaban J connectivity index is 1.99. The fraction of sp³-hybridized carbons (Fsp3) is 0.438. The van der Waals surface area contributed by atoms with Crippen LogP contribution >= 0.6 is 0 Å². The van der Waals surface area contributed by atoms with Gasteiger partial charge in [0.2, 0.25) is 0 Å². The second kappa shape index (κ2) is 5.96. The van der Waals surface area contributed by atoms with E-state index in [0.29, 0.717) is 6.04 Å². The number of rotatable bonds is 5. The Kier molecular flexibility index (Phi) is 4.32. The maximum Gasteiger partial charge on any atom is 0.0702 e. The first-order chi connectivity index (χ1) is 8.65. The van der Waals surface area contributed by atoms with E-state index in [9.17, 15) is 0 Å². The van der Waals surface area contributed by atoms with Crippen molar-refractivity contribution in [1.82, 2.24) is 10.3 Å². The minimum absolute atomic E-state index is 0.564. The summed E-state index contributed by atoms with van der Waals surface area (Å²) < 4.78 is 0. The predicted molar refractivity (Wildman–Crippen MR) is 77.5 cm³/mol. The summed E-state index contributed by atoms with van der Waals surface area (Å²) in [6, 6.07) is 11.1. The van der Waals surface area contributed by atoms with Gasteiger partial charge in [-0.25, -0.2) is 0 Å². The molecule has 1 heterocycles. The van der Waals surface area contributed by atoms with Crippen molar-refractivity contribution >= 4 is 10.9 Å². The first-order valence-electron chi connectivity index (χ1n) is 6.72. The van der Waals surface area contributed by atoms with Gasteiger partial charge in [-0.1, -0.05) is 26.0 Å². The van der Waals surface area contributed by atoms with Crippen molar-refractivity contribution in [3.05, 3.63) is 42.1 Å². The molecule has 0 spiro atoms. The maximum atomic E-state index is 4.34. The number of aromatic nitrogens is 1. The first-order valence-corrected chi connectivity index (χ1v) is 6.72. The van der Waals surface area contributed by atoms with E-state index < -0.39 is 0 Å². The Labute approximate surface area is 109 Å². The molecular weight excluding hydrogens is 220 g/mol. The third-order valence-corrected chi connectivity index (χ3v) is 3.15. The Hall–Kier alpha value is -1.41. The second-order valence-electron chi connectivity index (χ2n) is 5.44. The normalized spacial score (nSPS) is 13.1. The third-order valence-electron chi connectivity index (χ3n) is 3.15. The molecule has 2 aromatic rings. The van der Waals surface area contributed by atoms with Crippen molar-refractivity contribution in [3.8, 4) is 0 Å². The second-order valence-corrected chi connectivity index (χ2v) is 5.44. The maximum absolute atomic E-state index is 4.34. The SMILES string of the molecule is CC(C)C[C@H](C)NCc1ccc2ncccc2c1. The van der Waals surface area contributed by atoms with E-state index in [1.807, 2.05) is 12.3 Å². The van der Waals surface area contributed by atoms with E-state index in [1.54, 1.807) is 0 Å². The summed E-state index contributed by atoms with van der Waals surface area (Å²) in [5.41, 5.74) is 2.39. The molecule has 0 aliphatic heterocycles. The Bertz CT molecular complexity index is 505. The minimum atomic E-state index is 0.564. The van der Waals surface area contributed by atoms with Crippen LogP contribution in [0.15, 0.2) is 36.5 Å². The van der Waals surface area contributed by atoms with Gasteiger partial charge in [0.05, 0.1) is 5.52 Å². The molecule has 1 N–H and O–H groups in total. The lowest BCUT2D eigenvalue weighted by Crippen LogP contribution is -2.26. The number of benzene rings is 1. The highest BCUT2D eigenvalue weighted by molar-refractivity contribution is 5.78. The number of pyridine rings is 1. The van der Waals surface area contributed by atoms with Gasteiger partial charge in [0.1, 0.15) is 0 Å². The zero-order valence-corrected chi connectivity index (χ0v) is 11.5. The summed E-state index contributed by atoms with van der Waals surface area (Å²) in [5.74, 6) is 0.744. The van der Waals surface area contributed by atoms with E-state index >= 15 is 0 Å². The lowest BCUT2D eigenvalue weighted by Gasteiger charge is -2.16. The fourth-order valence-corrected chi connectivity index (χ4v) is 2.32. The zero-order valence-electron chi connectivity index (χ0n) is 11.5. The molecule has 1 atom stereocenters. The highest BCUT2D eigenvalue weighted by atomic mass is 14.9. The molecule has 0 aliphatic carbocycles. The zero-order chi connectivity index (χ0) is 13.0. The topological polar surface area (TPSA) is 24.9 Å².